The molecule has 0 aliphatic carbocycles. The van der Waals surface area contributed by atoms with E-state index in [4.69, 9.17) is 5.73 Å². The van der Waals surface area contributed by atoms with Gasteiger partial charge in [0.05, 0.1) is 0 Å². The van der Waals surface area contributed by atoms with E-state index in [0.717, 1.165) is 30.6 Å². The van der Waals surface area contributed by atoms with Gasteiger partial charge in [0.15, 0.2) is 5.78 Å². The first-order chi connectivity index (χ1) is 9.75. The SMILES string of the molecule is Nc1ncccc1CC(=O)c1cccc2c1CCNC2. The van der Waals surface area contributed by atoms with E-state index in [9.17, 15) is 4.79 Å². The fourth-order valence-electron chi connectivity index (χ4n) is 2.66. The highest BCUT2D eigenvalue weighted by atomic mass is 16.1. The molecule has 0 unspecified atom stereocenters. The van der Waals surface area contributed by atoms with Crippen LogP contribution in [0.25, 0.3) is 0 Å². The molecular weight excluding hydrogens is 250 g/mol. The average Bonchev–Trinajstić information content (AvgIpc) is 2.49. The van der Waals surface area contributed by atoms with Crippen molar-refractivity contribution >= 4 is 11.6 Å². The summed E-state index contributed by atoms with van der Waals surface area (Å²) >= 11 is 0. The van der Waals surface area contributed by atoms with Gasteiger partial charge in [-0.3, -0.25) is 4.79 Å². The van der Waals surface area contributed by atoms with Crippen LogP contribution in [0.15, 0.2) is 36.5 Å². The molecule has 0 fully saturated rings. The number of anilines is 1. The molecule has 0 spiro atoms. The van der Waals surface area contributed by atoms with Crippen molar-refractivity contribution in [3.63, 3.8) is 0 Å². The number of rotatable bonds is 3. The lowest BCUT2D eigenvalue weighted by molar-refractivity contribution is 0.0992. The Kier molecular flexibility index (Phi) is 3.48. The lowest BCUT2D eigenvalue weighted by Gasteiger charge is -2.19. The minimum atomic E-state index is 0.114. The van der Waals surface area contributed by atoms with Gasteiger partial charge >= 0.3 is 0 Å². The van der Waals surface area contributed by atoms with Crippen molar-refractivity contribution in [2.75, 3.05) is 12.3 Å². The van der Waals surface area contributed by atoms with Crippen LogP contribution >= 0.6 is 0 Å². The number of hydrogen-bond acceptors (Lipinski definition) is 4. The summed E-state index contributed by atoms with van der Waals surface area (Å²) in [6.07, 6.45) is 2.85. The topological polar surface area (TPSA) is 68.0 Å². The van der Waals surface area contributed by atoms with Gasteiger partial charge in [-0.2, -0.15) is 0 Å². The van der Waals surface area contributed by atoms with E-state index in [1.54, 1.807) is 6.20 Å². The fourth-order valence-corrected chi connectivity index (χ4v) is 2.66. The number of ketones is 1. The molecule has 4 nitrogen and oxygen atoms in total. The van der Waals surface area contributed by atoms with Crippen LogP contribution in [0.5, 0.6) is 0 Å². The fraction of sp³-hybridized carbons (Fsp3) is 0.250. The molecule has 4 heteroatoms. The number of nitrogen functional groups attached to an aromatic ring is 1. The summed E-state index contributed by atoms with van der Waals surface area (Å²) in [5, 5.41) is 3.32. The van der Waals surface area contributed by atoms with Gasteiger partial charge in [0.25, 0.3) is 0 Å². The van der Waals surface area contributed by atoms with Gasteiger partial charge in [-0.05, 0) is 30.2 Å². The number of fused-ring (bicyclic) bond motifs is 1. The smallest absolute Gasteiger partial charge is 0.167 e. The van der Waals surface area contributed by atoms with Crippen LogP contribution in [-0.2, 0) is 19.4 Å². The quantitative estimate of drug-likeness (QED) is 0.831. The van der Waals surface area contributed by atoms with E-state index < -0.39 is 0 Å². The lowest BCUT2D eigenvalue weighted by Crippen LogP contribution is -2.25. The van der Waals surface area contributed by atoms with Crippen LogP contribution in [0.4, 0.5) is 5.82 Å². The summed E-state index contributed by atoms with van der Waals surface area (Å²) in [5.41, 5.74) is 9.84. The zero-order chi connectivity index (χ0) is 13.9. The monoisotopic (exact) mass is 267 g/mol. The number of carbonyl (C=O) groups excluding carboxylic acids is 1. The van der Waals surface area contributed by atoms with E-state index in [-0.39, 0.29) is 5.78 Å². The minimum Gasteiger partial charge on any atom is -0.383 e. The van der Waals surface area contributed by atoms with Crippen molar-refractivity contribution in [1.29, 1.82) is 0 Å². The summed E-state index contributed by atoms with van der Waals surface area (Å²) in [4.78, 5) is 16.6. The van der Waals surface area contributed by atoms with Crippen LogP contribution in [-0.4, -0.2) is 17.3 Å². The molecule has 0 amide bonds. The van der Waals surface area contributed by atoms with Crippen molar-refractivity contribution in [2.24, 2.45) is 0 Å². The highest BCUT2D eigenvalue weighted by Crippen LogP contribution is 2.21. The van der Waals surface area contributed by atoms with Crippen molar-refractivity contribution < 1.29 is 4.79 Å². The normalized spacial score (nSPS) is 13.8. The number of nitrogens with zero attached hydrogens (tertiary/aromatic N) is 1. The third-order valence-electron chi connectivity index (χ3n) is 3.72. The molecule has 0 saturated carbocycles. The third-order valence-corrected chi connectivity index (χ3v) is 3.72. The van der Waals surface area contributed by atoms with Crippen molar-refractivity contribution in [2.45, 2.75) is 19.4 Å². The summed E-state index contributed by atoms with van der Waals surface area (Å²) in [7, 11) is 0. The number of hydrogen-bond donors (Lipinski definition) is 2. The minimum absolute atomic E-state index is 0.114. The Morgan fingerprint density at radius 2 is 2.20 bits per heavy atom. The summed E-state index contributed by atoms with van der Waals surface area (Å²) < 4.78 is 0. The molecular formula is C16H17N3O. The molecule has 20 heavy (non-hydrogen) atoms. The Hall–Kier alpha value is -2.20. The second-order valence-electron chi connectivity index (χ2n) is 5.02. The number of nitrogens with one attached hydrogen (secondary N) is 1. The lowest BCUT2D eigenvalue weighted by atomic mass is 9.91. The van der Waals surface area contributed by atoms with Crippen molar-refractivity contribution in [3.8, 4) is 0 Å². The Labute approximate surface area is 118 Å². The Morgan fingerprint density at radius 1 is 1.30 bits per heavy atom. The van der Waals surface area contributed by atoms with Gasteiger partial charge in [0, 0.05) is 30.3 Å². The van der Waals surface area contributed by atoms with E-state index in [0.29, 0.717) is 12.2 Å². The van der Waals surface area contributed by atoms with E-state index in [2.05, 4.69) is 16.4 Å². The number of carbonyl (C=O) groups is 1. The Balaban J connectivity index is 1.90. The number of pyridine rings is 1. The summed E-state index contributed by atoms with van der Waals surface area (Å²) in [6.45, 7) is 1.76. The molecule has 3 N–H and O–H groups in total. The van der Waals surface area contributed by atoms with Gasteiger partial charge in [0.1, 0.15) is 5.82 Å². The first-order valence-electron chi connectivity index (χ1n) is 6.80. The van der Waals surface area contributed by atoms with Crippen molar-refractivity contribution in [3.05, 3.63) is 58.8 Å². The maximum Gasteiger partial charge on any atom is 0.167 e. The van der Waals surface area contributed by atoms with Gasteiger partial charge in [-0.15, -0.1) is 0 Å². The number of Topliss-reactive ketones (excluding diaryl/α,β-unsaturated/α-hetero) is 1. The standard InChI is InChI=1S/C16H17N3O/c17-16-11(4-2-7-19-16)9-15(20)14-5-1-3-12-10-18-8-6-13(12)14/h1-5,7,18H,6,8-10H2,(H2,17,19). The summed E-state index contributed by atoms with van der Waals surface area (Å²) in [6, 6.07) is 9.61. The van der Waals surface area contributed by atoms with Gasteiger partial charge in [-0.25, -0.2) is 4.98 Å². The average molecular weight is 267 g/mol. The Bertz CT molecular complexity index is 652. The first-order valence-corrected chi connectivity index (χ1v) is 6.80. The zero-order valence-corrected chi connectivity index (χ0v) is 11.2. The van der Waals surface area contributed by atoms with Crippen molar-refractivity contribution in [1.82, 2.24) is 10.3 Å². The predicted octanol–water partition coefficient (Wildman–Crippen LogP) is 1.73. The second-order valence-corrected chi connectivity index (χ2v) is 5.02. The number of aromatic nitrogens is 1. The molecule has 1 aliphatic rings. The molecule has 1 aromatic heterocycles. The van der Waals surface area contributed by atoms with Crippen LogP contribution in [0.3, 0.4) is 0 Å². The molecule has 2 aromatic rings. The number of nitrogens with two attached hydrogens (primary N) is 1. The molecule has 102 valence electrons. The molecule has 0 bridgehead atoms. The summed E-state index contributed by atoms with van der Waals surface area (Å²) in [5.74, 6) is 0.552. The predicted molar refractivity (Wildman–Crippen MR) is 78.5 cm³/mol. The van der Waals surface area contributed by atoms with Gasteiger partial charge < -0.3 is 11.1 Å². The van der Waals surface area contributed by atoms with E-state index in [1.807, 2.05) is 24.3 Å². The zero-order valence-electron chi connectivity index (χ0n) is 11.2. The number of benzene rings is 1. The molecule has 1 aliphatic heterocycles. The maximum atomic E-state index is 12.5. The first kappa shape index (κ1) is 12.8. The maximum absolute atomic E-state index is 12.5. The van der Waals surface area contributed by atoms with Gasteiger partial charge in [-0.1, -0.05) is 24.3 Å². The molecule has 1 aromatic carbocycles. The van der Waals surface area contributed by atoms with Crippen LogP contribution < -0.4 is 11.1 Å². The molecule has 0 atom stereocenters. The molecule has 0 radical (unpaired) electrons. The van der Waals surface area contributed by atoms with Gasteiger partial charge in [0.2, 0.25) is 0 Å². The van der Waals surface area contributed by atoms with E-state index in [1.165, 1.54) is 11.1 Å². The van der Waals surface area contributed by atoms with Crippen LogP contribution in [0.2, 0.25) is 0 Å². The second kappa shape index (κ2) is 5.43. The molecule has 3 rings (SSSR count). The molecule has 2 heterocycles. The highest BCUT2D eigenvalue weighted by Gasteiger charge is 2.18. The highest BCUT2D eigenvalue weighted by molar-refractivity contribution is 5.99. The Morgan fingerprint density at radius 3 is 3.05 bits per heavy atom. The van der Waals surface area contributed by atoms with Crippen LogP contribution in [0, 0.1) is 0 Å². The van der Waals surface area contributed by atoms with E-state index >= 15 is 0 Å². The largest absolute Gasteiger partial charge is 0.383 e. The molecule has 0 saturated heterocycles. The van der Waals surface area contributed by atoms with Crippen LogP contribution in [0.1, 0.15) is 27.0 Å². The third kappa shape index (κ3) is 2.42.